The number of phenolic OH excluding ortho intramolecular Hbond substituents is 1. The van der Waals surface area contributed by atoms with E-state index in [2.05, 4.69) is 15.6 Å². The van der Waals surface area contributed by atoms with E-state index in [0.717, 1.165) is 5.56 Å². The Kier molecular flexibility index (Phi) is 10.3. The first-order valence-electron chi connectivity index (χ1n) is 8.80. The lowest BCUT2D eigenvalue weighted by Gasteiger charge is -2.22. The minimum absolute atomic E-state index is 0. The zero-order valence-corrected chi connectivity index (χ0v) is 18.3. The third-order valence-electron chi connectivity index (χ3n) is 3.82. The highest BCUT2D eigenvalue weighted by atomic mass is 127. The summed E-state index contributed by atoms with van der Waals surface area (Å²) < 4.78 is 13.0. The molecular formula is C20H26FIN4O2. The average Bonchev–Trinajstić information content (AvgIpc) is 2.66. The van der Waals surface area contributed by atoms with Crippen LogP contribution in [0.4, 0.5) is 4.39 Å². The normalized spacial score (nSPS) is 10.8. The first kappa shape index (κ1) is 23.7. The van der Waals surface area contributed by atoms with Crippen LogP contribution in [-0.2, 0) is 6.54 Å². The predicted molar refractivity (Wildman–Crippen MR) is 120 cm³/mol. The number of carbonyl (C=O) groups excluding carboxylic acids is 1. The lowest BCUT2D eigenvalue weighted by atomic mass is 10.2. The number of aliphatic imine (C=N–C) groups is 1. The fourth-order valence-electron chi connectivity index (χ4n) is 2.45. The van der Waals surface area contributed by atoms with Crippen molar-refractivity contribution in [2.75, 3.05) is 26.7 Å². The summed E-state index contributed by atoms with van der Waals surface area (Å²) in [6.07, 6.45) is 0. The minimum atomic E-state index is -0.258. The fourth-order valence-corrected chi connectivity index (χ4v) is 2.45. The Labute approximate surface area is 181 Å². The Bertz CT molecular complexity index is 767. The highest BCUT2D eigenvalue weighted by Gasteiger charge is 2.07. The molecule has 2 aromatic rings. The van der Waals surface area contributed by atoms with Crippen LogP contribution in [0.3, 0.4) is 0 Å². The summed E-state index contributed by atoms with van der Waals surface area (Å²) in [4.78, 5) is 18.5. The molecule has 0 unspecified atom stereocenters. The van der Waals surface area contributed by atoms with E-state index in [0.29, 0.717) is 37.7 Å². The Morgan fingerprint density at radius 1 is 1.11 bits per heavy atom. The van der Waals surface area contributed by atoms with Crippen molar-refractivity contribution in [3.8, 4) is 5.75 Å². The number of benzene rings is 2. The van der Waals surface area contributed by atoms with Gasteiger partial charge in [0.05, 0.1) is 6.54 Å². The number of hydrogen-bond donors (Lipinski definition) is 3. The van der Waals surface area contributed by atoms with Crippen LogP contribution < -0.4 is 10.6 Å². The second-order valence-corrected chi connectivity index (χ2v) is 6.02. The van der Waals surface area contributed by atoms with Gasteiger partial charge in [0, 0.05) is 32.2 Å². The Balaban J connectivity index is 0.00000392. The van der Waals surface area contributed by atoms with Gasteiger partial charge in [-0.05, 0) is 48.9 Å². The monoisotopic (exact) mass is 500 g/mol. The van der Waals surface area contributed by atoms with Crippen LogP contribution in [0.5, 0.6) is 5.75 Å². The average molecular weight is 500 g/mol. The van der Waals surface area contributed by atoms with Gasteiger partial charge in [-0.2, -0.15) is 0 Å². The second-order valence-electron chi connectivity index (χ2n) is 6.02. The number of carbonyl (C=O) groups is 1. The first-order chi connectivity index (χ1) is 13.0. The van der Waals surface area contributed by atoms with Crippen molar-refractivity contribution in [1.82, 2.24) is 15.5 Å². The van der Waals surface area contributed by atoms with E-state index in [4.69, 9.17) is 0 Å². The van der Waals surface area contributed by atoms with Gasteiger partial charge in [0.1, 0.15) is 11.6 Å². The zero-order chi connectivity index (χ0) is 19.6. The van der Waals surface area contributed by atoms with Gasteiger partial charge in [0.25, 0.3) is 5.91 Å². The maximum absolute atomic E-state index is 13.0. The van der Waals surface area contributed by atoms with Gasteiger partial charge in [-0.15, -0.1) is 24.0 Å². The van der Waals surface area contributed by atoms with Crippen molar-refractivity contribution >= 4 is 35.8 Å². The molecule has 0 saturated carbocycles. The van der Waals surface area contributed by atoms with Crippen LogP contribution >= 0.6 is 24.0 Å². The largest absolute Gasteiger partial charge is 0.508 e. The van der Waals surface area contributed by atoms with Crippen LogP contribution in [0, 0.1) is 5.82 Å². The lowest BCUT2D eigenvalue weighted by Crippen LogP contribution is -2.39. The molecule has 1 amide bonds. The number of rotatable bonds is 7. The highest BCUT2D eigenvalue weighted by Crippen LogP contribution is 2.09. The van der Waals surface area contributed by atoms with Crippen molar-refractivity contribution in [1.29, 1.82) is 0 Å². The van der Waals surface area contributed by atoms with Gasteiger partial charge in [0.15, 0.2) is 5.96 Å². The molecule has 0 spiro atoms. The molecule has 0 aliphatic rings. The molecule has 0 atom stereocenters. The van der Waals surface area contributed by atoms with Gasteiger partial charge in [-0.3, -0.25) is 9.79 Å². The maximum atomic E-state index is 13.0. The van der Waals surface area contributed by atoms with Crippen LogP contribution in [0.2, 0.25) is 0 Å². The summed E-state index contributed by atoms with van der Waals surface area (Å²) in [6.45, 7) is 4.09. The molecule has 0 aromatic heterocycles. The summed E-state index contributed by atoms with van der Waals surface area (Å²) in [7, 11) is 1.90. The molecule has 0 bridgehead atoms. The van der Waals surface area contributed by atoms with E-state index in [1.54, 1.807) is 24.3 Å². The zero-order valence-electron chi connectivity index (χ0n) is 16.0. The standard InChI is InChI=1S/C20H25FN4O2.HI/c1-3-22-20(25(2)14-15-4-8-17(21)9-5-15)24-13-12-23-19(27)16-6-10-18(26)11-7-16;/h4-11,26H,3,12-14H2,1-2H3,(H,22,24)(H,23,27);1H. The number of halogens is 2. The third-order valence-corrected chi connectivity index (χ3v) is 3.82. The van der Waals surface area contributed by atoms with Gasteiger partial charge in [-0.25, -0.2) is 4.39 Å². The summed E-state index contributed by atoms with van der Waals surface area (Å²) >= 11 is 0. The number of nitrogens with one attached hydrogen (secondary N) is 2. The Hall–Kier alpha value is -2.36. The molecule has 6 nitrogen and oxygen atoms in total. The third kappa shape index (κ3) is 7.71. The quantitative estimate of drug-likeness (QED) is 0.237. The summed E-state index contributed by atoms with van der Waals surface area (Å²) in [6, 6.07) is 12.4. The van der Waals surface area contributed by atoms with Crippen molar-refractivity contribution in [2.45, 2.75) is 13.5 Å². The number of phenols is 1. The summed E-state index contributed by atoms with van der Waals surface area (Å²) in [5.74, 6) is 0.359. The van der Waals surface area contributed by atoms with Crippen LogP contribution in [-0.4, -0.2) is 48.6 Å². The molecule has 0 saturated heterocycles. The van der Waals surface area contributed by atoms with Crippen molar-refractivity contribution < 1.29 is 14.3 Å². The Morgan fingerprint density at radius 3 is 2.36 bits per heavy atom. The predicted octanol–water partition coefficient (Wildman–Crippen LogP) is 2.98. The smallest absolute Gasteiger partial charge is 0.251 e. The Morgan fingerprint density at radius 2 is 1.75 bits per heavy atom. The summed E-state index contributed by atoms with van der Waals surface area (Å²) in [5, 5.41) is 15.3. The van der Waals surface area contributed by atoms with Crippen LogP contribution in [0.1, 0.15) is 22.8 Å². The molecule has 0 aliphatic heterocycles. The van der Waals surface area contributed by atoms with E-state index < -0.39 is 0 Å². The molecule has 28 heavy (non-hydrogen) atoms. The number of aromatic hydroxyl groups is 1. The molecule has 8 heteroatoms. The van der Waals surface area contributed by atoms with Crippen molar-refractivity contribution in [3.05, 3.63) is 65.5 Å². The van der Waals surface area contributed by atoms with Gasteiger partial charge in [-0.1, -0.05) is 12.1 Å². The molecule has 0 aliphatic carbocycles. The topological polar surface area (TPSA) is 77.0 Å². The van der Waals surface area contributed by atoms with E-state index in [-0.39, 0.29) is 41.5 Å². The van der Waals surface area contributed by atoms with E-state index >= 15 is 0 Å². The van der Waals surface area contributed by atoms with Crippen LogP contribution in [0.15, 0.2) is 53.5 Å². The minimum Gasteiger partial charge on any atom is -0.508 e. The molecule has 2 aromatic carbocycles. The number of hydrogen-bond acceptors (Lipinski definition) is 3. The fraction of sp³-hybridized carbons (Fsp3) is 0.300. The van der Waals surface area contributed by atoms with Gasteiger partial charge >= 0.3 is 0 Å². The number of amides is 1. The summed E-state index contributed by atoms with van der Waals surface area (Å²) in [5.41, 5.74) is 1.46. The van der Waals surface area contributed by atoms with E-state index in [1.165, 1.54) is 24.3 Å². The lowest BCUT2D eigenvalue weighted by molar-refractivity contribution is 0.0955. The first-order valence-corrected chi connectivity index (χ1v) is 8.80. The molecule has 0 fully saturated rings. The van der Waals surface area contributed by atoms with Crippen molar-refractivity contribution in [3.63, 3.8) is 0 Å². The van der Waals surface area contributed by atoms with Crippen molar-refractivity contribution in [2.24, 2.45) is 4.99 Å². The molecule has 2 rings (SSSR count). The number of nitrogens with zero attached hydrogens (tertiary/aromatic N) is 2. The molecular weight excluding hydrogens is 474 g/mol. The van der Waals surface area contributed by atoms with Gasteiger partial charge < -0.3 is 20.6 Å². The molecule has 0 heterocycles. The molecule has 152 valence electrons. The maximum Gasteiger partial charge on any atom is 0.251 e. The van der Waals surface area contributed by atoms with Crippen LogP contribution in [0.25, 0.3) is 0 Å². The highest BCUT2D eigenvalue weighted by molar-refractivity contribution is 14.0. The van der Waals surface area contributed by atoms with E-state index in [1.807, 2.05) is 18.9 Å². The SMILES string of the molecule is CCNC(=NCCNC(=O)c1ccc(O)cc1)N(C)Cc1ccc(F)cc1.I. The second kappa shape index (κ2) is 12.2. The number of guanidine groups is 1. The molecule has 3 N–H and O–H groups in total. The van der Waals surface area contributed by atoms with E-state index in [9.17, 15) is 14.3 Å². The van der Waals surface area contributed by atoms with Gasteiger partial charge in [0.2, 0.25) is 0 Å². The molecule has 0 radical (unpaired) electrons.